The van der Waals surface area contributed by atoms with Gasteiger partial charge in [-0.25, -0.2) is 14.4 Å². The Morgan fingerprint density at radius 1 is 0.870 bits per heavy atom. The summed E-state index contributed by atoms with van der Waals surface area (Å²) in [5, 5.41) is 0. The van der Waals surface area contributed by atoms with Crippen LogP contribution in [-0.2, 0) is 0 Å². The van der Waals surface area contributed by atoms with Gasteiger partial charge in [0.05, 0.1) is 19.9 Å². The highest BCUT2D eigenvalue weighted by Crippen LogP contribution is 2.26. The molecule has 116 valence electrons. The van der Waals surface area contributed by atoms with Gasteiger partial charge in [-0.2, -0.15) is 0 Å². The molecule has 0 radical (unpaired) electrons. The average Bonchev–Trinajstić information content (AvgIpc) is 2.62. The van der Waals surface area contributed by atoms with Gasteiger partial charge in [-0.1, -0.05) is 0 Å². The van der Waals surface area contributed by atoms with Crippen molar-refractivity contribution in [1.29, 1.82) is 0 Å². The third-order valence-electron chi connectivity index (χ3n) is 3.45. The molecule has 0 aliphatic carbocycles. The van der Waals surface area contributed by atoms with Crippen molar-refractivity contribution in [2.45, 2.75) is 0 Å². The van der Waals surface area contributed by atoms with E-state index in [-0.39, 0.29) is 5.75 Å². The molecule has 23 heavy (non-hydrogen) atoms. The second-order valence-electron chi connectivity index (χ2n) is 4.84. The summed E-state index contributed by atoms with van der Waals surface area (Å²) in [6.45, 7) is 0. The van der Waals surface area contributed by atoms with Crippen LogP contribution in [0.2, 0.25) is 0 Å². The Kier molecular flexibility index (Phi) is 4.19. The normalized spacial score (nSPS) is 10.4. The van der Waals surface area contributed by atoms with E-state index in [0.717, 1.165) is 11.3 Å². The molecule has 0 saturated heterocycles. The largest absolute Gasteiger partial charge is 0.497 e. The minimum absolute atomic E-state index is 0.207. The van der Waals surface area contributed by atoms with Crippen molar-refractivity contribution in [2.24, 2.45) is 0 Å². The van der Waals surface area contributed by atoms with Gasteiger partial charge in [-0.05, 0) is 48.5 Å². The van der Waals surface area contributed by atoms with Gasteiger partial charge in [0.2, 0.25) is 0 Å². The van der Waals surface area contributed by atoms with Gasteiger partial charge in [0.1, 0.15) is 5.75 Å². The maximum absolute atomic E-state index is 13.9. The van der Waals surface area contributed by atoms with Crippen LogP contribution in [-0.4, -0.2) is 24.2 Å². The SMILES string of the molecule is COc1ccc(-c2nccc(-c3ccc(OC)c(F)c3)n2)cc1. The molecule has 0 fully saturated rings. The van der Waals surface area contributed by atoms with Gasteiger partial charge in [-0.15, -0.1) is 0 Å². The zero-order chi connectivity index (χ0) is 16.2. The summed E-state index contributed by atoms with van der Waals surface area (Å²) in [5.41, 5.74) is 2.18. The molecule has 0 aliphatic rings. The first kappa shape index (κ1) is 15.0. The number of nitrogens with zero attached hydrogens (tertiary/aromatic N) is 2. The Labute approximate surface area is 133 Å². The molecule has 1 heterocycles. The molecule has 0 aliphatic heterocycles. The molecular formula is C18H15FN2O2. The first-order chi connectivity index (χ1) is 11.2. The lowest BCUT2D eigenvalue weighted by Crippen LogP contribution is -1.93. The molecule has 3 aromatic rings. The van der Waals surface area contributed by atoms with Crippen LogP contribution in [0.5, 0.6) is 11.5 Å². The zero-order valence-electron chi connectivity index (χ0n) is 12.8. The van der Waals surface area contributed by atoms with Crippen LogP contribution in [0.4, 0.5) is 4.39 Å². The summed E-state index contributed by atoms with van der Waals surface area (Å²) in [6, 6.07) is 13.9. The van der Waals surface area contributed by atoms with Crippen molar-refractivity contribution in [1.82, 2.24) is 9.97 Å². The summed E-state index contributed by atoms with van der Waals surface area (Å²) in [5.74, 6) is 1.12. The Morgan fingerprint density at radius 2 is 1.61 bits per heavy atom. The van der Waals surface area contributed by atoms with Crippen LogP contribution in [0.15, 0.2) is 54.7 Å². The molecule has 0 amide bonds. The van der Waals surface area contributed by atoms with Crippen molar-refractivity contribution in [3.05, 3.63) is 60.5 Å². The molecule has 0 spiro atoms. The van der Waals surface area contributed by atoms with E-state index in [1.807, 2.05) is 24.3 Å². The van der Waals surface area contributed by atoms with Crippen LogP contribution in [0.3, 0.4) is 0 Å². The van der Waals surface area contributed by atoms with Crippen LogP contribution < -0.4 is 9.47 Å². The topological polar surface area (TPSA) is 44.2 Å². The van der Waals surface area contributed by atoms with Gasteiger partial charge in [-0.3, -0.25) is 0 Å². The molecule has 0 unspecified atom stereocenters. The highest BCUT2D eigenvalue weighted by molar-refractivity contribution is 5.64. The first-order valence-corrected chi connectivity index (χ1v) is 7.02. The fraction of sp³-hybridized carbons (Fsp3) is 0.111. The van der Waals surface area contributed by atoms with E-state index < -0.39 is 5.82 Å². The van der Waals surface area contributed by atoms with Crippen molar-refractivity contribution in [3.8, 4) is 34.1 Å². The lowest BCUT2D eigenvalue weighted by Gasteiger charge is -2.07. The van der Waals surface area contributed by atoms with Crippen LogP contribution in [0.1, 0.15) is 0 Å². The van der Waals surface area contributed by atoms with E-state index in [4.69, 9.17) is 9.47 Å². The molecule has 0 saturated carbocycles. The number of aromatic nitrogens is 2. The maximum atomic E-state index is 13.9. The summed E-state index contributed by atoms with van der Waals surface area (Å²) < 4.78 is 23.9. The standard InChI is InChI=1S/C18H15FN2O2/c1-22-14-6-3-12(4-7-14)18-20-10-9-16(21-18)13-5-8-17(23-2)15(19)11-13/h3-11H,1-2H3. The highest BCUT2D eigenvalue weighted by Gasteiger charge is 2.08. The number of hydrogen-bond donors (Lipinski definition) is 0. The molecule has 1 aromatic heterocycles. The lowest BCUT2D eigenvalue weighted by molar-refractivity contribution is 0.386. The summed E-state index contributed by atoms with van der Waals surface area (Å²) in [6.07, 6.45) is 1.66. The number of halogens is 1. The number of benzene rings is 2. The van der Waals surface area contributed by atoms with Gasteiger partial charge in [0.15, 0.2) is 17.4 Å². The van der Waals surface area contributed by atoms with Crippen LogP contribution in [0, 0.1) is 5.82 Å². The number of methoxy groups -OCH3 is 2. The van der Waals surface area contributed by atoms with Crippen molar-refractivity contribution < 1.29 is 13.9 Å². The Hall–Kier alpha value is -2.95. The fourth-order valence-electron chi connectivity index (χ4n) is 2.22. The second kappa shape index (κ2) is 6.44. The lowest BCUT2D eigenvalue weighted by atomic mass is 10.1. The summed E-state index contributed by atoms with van der Waals surface area (Å²) in [7, 11) is 3.05. The molecule has 3 rings (SSSR count). The van der Waals surface area contributed by atoms with Gasteiger partial charge >= 0.3 is 0 Å². The molecule has 5 heteroatoms. The average molecular weight is 310 g/mol. The Bertz CT molecular complexity index is 820. The summed E-state index contributed by atoms with van der Waals surface area (Å²) in [4.78, 5) is 8.78. The third-order valence-corrected chi connectivity index (χ3v) is 3.45. The van der Waals surface area contributed by atoms with Gasteiger partial charge in [0, 0.05) is 17.3 Å². The van der Waals surface area contributed by atoms with Gasteiger partial charge in [0.25, 0.3) is 0 Å². The van der Waals surface area contributed by atoms with E-state index in [1.54, 1.807) is 31.5 Å². The Morgan fingerprint density at radius 3 is 2.26 bits per heavy atom. The highest BCUT2D eigenvalue weighted by atomic mass is 19.1. The van der Waals surface area contributed by atoms with E-state index in [9.17, 15) is 4.39 Å². The van der Waals surface area contributed by atoms with E-state index in [1.165, 1.54) is 13.2 Å². The first-order valence-electron chi connectivity index (χ1n) is 7.02. The van der Waals surface area contributed by atoms with E-state index in [2.05, 4.69) is 9.97 Å². The number of ether oxygens (including phenoxy) is 2. The molecule has 0 bridgehead atoms. The molecule has 2 aromatic carbocycles. The van der Waals surface area contributed by atoms with Crippen LogP contribution >= 0.6 is 0 Å². The number of hydrogen-bond acceptors (Lipinski definition) is 4. The van der Waals surface area contributed by atoms with Gasteiger partial charge < -0.3 is 9.47 Å². The minimum Gasteiger partial charge on any atom is -0.497 e. The third kappa shape index (κ3) is 3.13. The second-order valence-corrected chi connectivity index (χ2v) is 4.84. The quantitative estimate of drug-likeness (QED) is 0.731. The Balaban J connectivity index is 1.97. The molecule has 4 nitrogen and oxygen atoms in total. The van der Waals surface area contributed by atoms with Crippen molar-refractivity contribution in [3.63, 3.8) is 0 Å². The van der Waals surface area contributed by atoms with E-state index in [0.29, 0.717) is 17.1 Å². The zero-order valence-corrected chi connectivity index (χ0v) is 12.8. The minimum atomic E-state index is -0.422. The summed E-state index contributed by atoms with van der Waals surface area (Å²) >= 11 is 0. The van der Waals surface area contributed by atoms with Crippen molar-refractivity contribution >= 4 is 0 Å². The van der Waals surface area contributed by atoms with Crippen molar-refractivity contribution in [2.75, 3.05) is 14.2 Å². The molecular weight excluding hydrogens is 295 g/mol. The predicted molar refractivity (Wildman–Crippen MR) is 86.0 cm³/mol. The monoisotopic (exact) mass is 310 g/mol. The van der Waals surface area contributed by atoms with Crippen LogP contribution in [0.25, 0.3) is 22.6 Å². The number of rotatable bonds is 4. The molecule has 0 atom stereocenters. The van der Waals surface area contributed by atoms with E-state index >= 15 is 0 Å². The fourth-order valence-corrected chi connectivity index (χ4v) is 2.22. The molecule has 0 N–H and O–H groups in total. The predicted octanol–water partition coefficient (Wildman–Crippen LogP) is 3.97. The maximum Gasteiger partial charge on any atom is 0.165 e. The smallest absolute Gasteiger partial charge is 0.165 e.